The first-order valence-corrected chi connectivity index (χ1v) is 6.42. The molecule has 1 aliphatic rings. The van der Waals surface area contributed by atoms with Gasteiger partial charge in [-0.05, 0) is 25.3 Å². The molecule has 18 heavy (non-hydrogen) atoms. The minimum absolute atomic E-state index is 0.0941. The van der Waals surface area contributed by atoms with E-state index in [1.807, 2.05) is 7.05 Å². The van der Waals surface area contributed by atoms with Crippen LogP contribution in [0.5, 0.6) is 0 Å². The van der Waals surface area contributed by atoms with Gasteiger partial charge in [-0.3, -0.25) is 14.8 Å². The molecule has 0 unspecified atom stereocenters. The van der Waals surface area contributed by atoms with E-state index < -0.39 is 0 Å². The molecule has 2 N–H and O–H groups in total. The van der Waals surface area contributed by atoms with Gasteiger partial charge in [0.1, 0.15) is 0 Å². The molecule has 0 spiro atoms. The highest BCUT2D eigenvalue weighted by Gasteiger charge is 2.33. The van der Waals surface area contributed by atoms with Crippen molar-refractivity contribution in [2.45, 2.75) is 25.8 Å². The first-order valence-electron chi connectivity index (χ1n) is 6.42. The third-order valence-corrected chi connectivity index (χ3v) is 3.67. The first-order chi connectivity index (χ1) is 8.72. The summed E-state index contributed by atoms with van der Waals surface area (Å²) in [7, 11) is 1.82. The van der Waals surface area contributed by atoms with Crippen LogP contribution in [0, 0.1) is 11.8 Å². The van der Waals surface area contributed by atoms with Gasteiger partial charge in [-0.1, -0.05) is 6.42 Å². The van der Waals surface area contributed by atoms with Crippen molar-refractivity contribution in [3.8, 4) is 0 Å². The molecule has 2 rings (SSSR count). The van der Waals surface area contributed by atoms with Gasteiger partial charge in [0.25, 0.3) is 0 Å². The molecule has 1 fully saturated rings. The van der Waals surface area contributed by atoms with Gasteiger partial charge in [-0.25, -0.2) is 0 Å². The maximum atomic E-state index is 12.3. The molecule has 1 aromatic rings. The molecule has 2 atom stereocenters. The second-order valence-electron chi connectivity index (χ2n) is 4.92. The molecule has 0 radical (unpaired) electrons. The Kier molecular flexibility index (Phi) is 4.25. The fourth-order valence-corrected chi connectivity index (χ4v) is 2.66. The van der Waals surface area contributed by atoms with Crippen LogP contribution in [0.15, 0.2) is 18.6 Å². The van der Waals surface area contributed by atoms with Crippen molar-refractivity contribution in [2.24, 2.45) is 17.6 Å². The van der Waals surface area contributed by atoms with E-state index in [4.69, 9.17) is 5.73 Å². The van der Waals surface area contributed by atoms with Crippen LogP contribution < -0.4 is 5.73 Å². The third kappa shape index (κ3) is 2.85. The van der Waals surface area contributed by atoms with Gasteiger partial charge in [-0.15, -0.1) is 0 Å². The Balaban J connectivity index is 1.96. The van der Waals surface area contributed by atoms with E-state index >= 15 is 0 Å². The van der Waals surface area contributed by atoms with Crippen molar-refractivity contribution in [2.75, 3.05) is 13.6 Å². The van der Waals surface area contributed by atoms with Crippen molar-refractivity contribution in [3.05, 3.63) is 24.3 Å². The number of nitrogens with two attached hydrogens (primary N) is 1. The highest BCUT2D eigenvalue weighted by molar-refractivity contribution is 5.79. The van der Waals surface area contributed by atoms with Gasteiger partial charge in [0, 0.05) is 25.4 Å². The van der Waals surface area contributed by atoms with Crippen LogP contribution in [0.1, 0.15) is 25.0 Å². The van der Waals surface area contributed by atoms with E-state index in [0.717, 1.165) is 25.0 Å². The number of carbonyl (C=O) groups excluding carboxylic acids is 1. The molecule has 1 aliphatic carbocycles. The second kappa shape index (κ2) is 5.91. The Labute approximate surface area is 107 Å². The Morgan fingerprint density at radius 3 is 3.00 bits per heavy atom. The average Bonchev–Trinajstić information content (AvgIpc) is 2.87. The Morgan fingerprint density at radius 2 is 2.33 bits per heavy atom. The molecule has 5 nitrogen and oxygen atoms in total. The summed E-state index contributed by atoms with van der Waals surface area (Å²) in [4.78, 5) is 22.3. The lowest BCUT2D eigenvalue weighted by molar-refractivity contribution is -0.135. The molecule has 0 bridgehead atoms. The summed E-state index contributed by atoms with van der Waals surface area (Å²) in [6, 6.07) is 0. The molecule has 1 aromatic heterocycles. The van der Waals surface area contributed by atoms with E-state index in [1.54, 1.807) is 23.5 Å². The Bertz CT molecular complexity index is 395. The average molecular weight is 248 g/mol. The summed E-state index contributed by atoms with van der Waals surface area (Å²) >= 11 is 0. The maximum absolute atomic E-state index is 12.3. The van der Waals surface area contributed by atoms with Crippen LogP contribution >= 0.6 is 0 Å². The van der Waals surface area contributed by atoms with Gasteiger partial charge < -0.3 is 10.6 Å². The SMILES string of the molecule is CN(Cc1cnccn1)C(=O)[C@@H]1CCC[C@@H]1CN. The molecule has 98 valence electrons. The zero-order valence-corrected chi connectivity index (χ0v) is 10.7. The number of hydrogen-bond donors (Lipinski definition) is 1. The van der Waals surface area contributed by atoms with Crippen LogP contribution in [-0.4, -0.2) is 34.4 Å². The number of hydrogen-bond acceptors (Lipinski definition) is 4. The highest BCUT2D eigenvalue weighted by atomic mass is 16.2. The van der Waals surface area contributed by atoms with Gasteiger partial charge in [0.2, 0.25) is 5.91 Å². The van der Waals surface area contributed by atoms with Crippen molar-refractivity contribution in [1.29, 1.82) is 0 Å². The monoisotopic (exact) mass is 248 g/mol. The van der Waals surface area contributed by atoms with Crippen molar-refractivity contribution >= 4 is 5.91 Å². The molecule has 5 heteroatoms. The van der Waals surface area contributed by atoms with E-state index in [-0.39, 0.29) is 11.8 Å². The van der Waals surface area contributed by atoms with Crippen LogP contribution in [0.2, 0.25) is 0 Å². The minimum Gasteiger partial charge on any atom is -0.340 e. The van der Waals surface area contributed by atoms with E-state index in [2.05, 4.69) is 9.97 Å². The topological polar surface area (TPSA) is 72.1 Å². The Hall–Kier alpha value is -1.49. The van der Waals surface area contributed by atoms with Crippen molar-refractivity contribution in [1.82, 2.24) is 14.9 Å². The number of amides is 1. The number of nitrogens with zero attached hydrogens (tertiary/aromatic N) is 3. The molecule has 1 saturated carbocycles. The molecule has 0 aromatic carbocycles. The molecular formula is C13H20N4O. The third-order valence-electron chi connectivity index (χ3n) is 3.67. The quantitative estimate of drug-likeness (QED) is 0.856. The highest BCUT2D eigenvalue weighted by Crippen LogP contribution is 2.32. The number of rotatable bonds is 4. The first kappa shape index (κ1) is 13.0. The van der Waals surface area contributed by atoms with Crippen LogP contribution in [0.4, 0.5) is 0 Å². The summed E-state index contributed by atoms with van der Waals surface area (Å²) in [5.74, 6) is 0.632. The molecule has 1 heterocycles. The normalized spacial score (nSPS) is 23.0. The molecule has 1 amide bonds. The van der Waals surface area contributed by atoms with E-state index in [0.29, 0.717) is 19.0 Å². The fourth-order valence-electron chi connectivity index (χ4n) is 2.66. The van der Waals surface area contributed by atoms with Gasteiger partial charge in [-0.2, -0.15) is 0 Å². The van der Waals surface area contributed by atoms with Crippen molar-refractivity contribution in [3.63, 3.8) is 0 Å². The maximum Gasteiger partial charge on any atom is 0.226 e. The van der Waals surface area contributed by atoms with Gasteiger partial charge >= 0.3 is 0 Å². The van der Waals surface area contributed by atoms with E-state index in [1.165, 1.54) is 0 Å². The summed E-state index contributed by atoms with van der Waals surface area (Å²) < 4.78 is 0. The van der Waals surface area contributed by atoms with Gasteiger partial charge in [0.15, 0.2) is 0 Å². The summed E-state index contributed by atoms with van der Waals surface area (Å²) in [5, 5.41) is 0. The summed E-state index contributed by atoms with van der Waals surface area (Å²) in [6.07, 6.45) is 8.12. The Morgan fingerprint density at radius 1 is 1.50 bits per heavy atom. The lowest BCUT2D eigenvalue weighted by Gasteiger charge is -2.24. The predicted octanol–water partition coefficient (Wildman–Crippen LogP) is 0.810. The van der Waals surface area contributed by atoms with Crippen molar-refractivity contribution < 1.29 is 4.79 Å². The van der Waals surface area contributed by atoms with Crippen LogP contribution in [-0.2, 0) is 11.3 Å². The van der Waals surface area contributed by atoms with Crippen LogP contribution in [0.25, 0.3) is 0 Å². The van der Waals surface area contributed by atoms with E-state index in [9.17, 15) is 4.79 Å². The second-order valence-corrected chi connectivity index (χ2v) is 4.92. The number of carbonyl (C=O) groups is 1. The lowest BCUT2D eigenvalue weighted by Crippen LogP contribution is -2.36. The minimum atomic E-state index is 0.0941. The standard InChI is InChI=1S/C13H20N4O/c1-17(9-11-8-15-5-6-16-11)13(18)12-4-2-3-10(12)7-14/h5-6,8,10,12H,2-4,7,9,14H2,1H3/t10-,12-/m1/s1. The zero-order valence-electron chi connectivity index (χ0n) is 10.7. The smallest absolute Gasteiger partial charge is 0.226 e. The fraction of sp³-hybridized carbons (Fsp3) is 0.615. The largest absolute Gasteiger partial charge is 0.340 e. The van der Waals surface area contributed by atoms with Crippen LogP contribution in [0.3, 0.4) is 0 Å². The molecule has 0 aliphatic heterocycles. The van der Waals surface area contributed by atoms with Gasteiger partial charge in [0.05, 0.1) is 18.4 Å². The molecule has 0 saturated heterocycles. The number of aromatic nitrogens is 2. The summed E-state index contributed by atoms with van der Waals surface area (Å²) in [6.45, 7) is 1.12. The predicted molar refractivity (Wildman–Crippen MR) is 68.4 cm³/mol. The zero-order chi connectivity index (χ0) is 13.0. The lowest BCUT2D eigenvalue weighted by atomic mass is 9.95. The summed E-state index contributed by atoms with van der Waals surface area (Å²) in [5.41, 5.74) is 6.54. The molecular weight excluding hydrogens is 228 g/mol.